The second kappa shape index (κ2) is 8.10. The van der Waals surface area contributed by atoms with E-state index in [0.717, 1.165) is 4.47 Å². The second-order valence-corrected chi connectivity index (χ2v) is 7.94. The smallest absolute Gasteiger partial charge is 0.264 e. The summed E-state index contributed by atoms with van der Waals surface area (Å²) in [5, 5.41) is 14.5. The van der Waals surface area contributed by atoms with Gasteiger partial charge in [0.25, 0.3) is 5.91 Å². The maximum atomic E-state index is 12.2. The van der Waals surface area contributed by atoms with Crippen molar-refractivity contribution < 1.29 is 19.1 Å². The van der Waals surface area contributed by atoms with Crippen LogP contribution < -0.4 is 10.4 Å². The fraction of sp³-hybridized carbons (Fsp3) is 0. The molecule has 2 aromatic carbocycles. The van der Waals surface area contributed by atoms with E-state index in [2.05, 4.69) is 26.2 Å². The fourth-order valence-electron chi connectivity index (χ4n) is 2.72. The Morgan fingerprint density at radius 2 is 1.97 bits per heavy atom. The molecular formula is C21H12BrN2O4S-. The molecule has 1 amide bonds. The summed E-state index contributed by atoms with van der Waals surface area (Å²) in [6, 6.07) is 17.2. The monoisotopic (exact) mass is 467 g/mol. The molecule has 3 aromatic rings. The summed E-state index contributed by atoms with van der Waals surface area (Å²) >= 11 is 4.59. The van der Waals surface area contributed by atoms with Crippen LogP contribution in [0, 0.1) is 0 Å². The Morgan fingerprint density at radius 1 is 1.14 bits per heavy atom. The first kappa shape index (κ1) is 19.2. The zero-order valence-electron chi connectivity index (χ0n) is 14.7. The highest BCUT2D eigenvalue weighted by Gasteiger charge is 2.24. The molecule has 0 spiro atoms. The first-order chi connectivity index (χ1) is 14.0. The molecule has 1 N–H and O–H groups in total. The molecule has 0 aliphatic carbocycles. The van der Waals surface area contributed by atoms with Crippen LogP contribution in [0.3, 0.4) is 0 Å². The topological polar surface area (TPSA) is 94.7 Å². The molecule has 6 nitrogen and oxygen atoms in total. The number of hydrogen-bond acceptors (Lipinski definition) is 6. The van der Waals surface area contributed by atoms with Gasteiger partial charge in [0.2, 0.25) is 0 Å². The first-order valence-electron chi connectivity index (χ1n) is 8.45. The Hall–Kier alpha value is -3.10. The predicted octanol–water partition coefficient (Wildman–Crippen LogP) is 3.96. The zero-order chi connectivity index (χ0) is 20.4. The number of furan rings is 1. The molecule has 0 radical (unpaired) electrons. The van der Waals surface area contributed by atoms with E-state index in [1.165, 1.54) is 17.8 Å². The van der Waals surface area contributed by atoms with Crippen molar-refractivity contribution in [3.8, 4) is 11.3 Å². The van der Waals surface area contributed by atoms with Gasteiger partial charge in [-0.15, -0.1) is 0 Å². The average Bonchev–Trinajstić information content (AvgIpc) is 3.29. The number of aromatic carboxylic acids is 1. The van der Waals surface area contributed by atoms with E-state index in [4.69, 9.17) is 4.42 Å². The maximum absolute atomic E-state index is 12.2. The van der Waals surface area contributed by atoms with Crippen molar-refractivity contribution in [2.75, 3.05) is 0 Å². The van der Waals surface area contributed by atoms with Gasteiger partial charge in [-0.25, -0.2) is 4.99 Å². The number of hydrogen-bond donors (Lipinski definition) is 1. The lowest BCUT2D eigenvalue weighted by molar-refractivity contribution is -0.254. The van der Waals surface area contributed by atoms with Gasteiger partial charge in [-0.2, -0.15) is 0 Å². The Labute approximate surface area is 178 Å². The third kappa shape index (κ3) is 4.33. The lowest BCUT2D eigenvalue weighted by Gasteiger charge is -2.07. The van der Waals surface area contributed by atoms with Gasteiger partial charge in [0, 0.05) is 21.7 Å². The van der Waals surface area contributed by atoms with Crippen LogP contribution in [0.1, 0.15) is 16.1 Å². The number of aliphatic imine (C=N–C) groups is 1. The van der Waals surface area contributed by atoms with Crippen LogP contribution in [0.25, 0.3) is 17.4 Å². The van der Waals surface area contributed by atoms with Gasteiger partial charge in [0.05, 0.1) is 16.6 Å². The Kier molecular flexibility index (Phi) is 5.37. The number of amidine groups is 1. The van der Waals surface area contributed by atoms with Gasteiger partial charge in [-0.3, -0.25) is 4.79 Å². The molecule has 1 aliphatic rings. The summed E-state index contributed by atoms with van der Waals surface area (Å²) in [7, 11) is 0. The van der Waals surface area contributed by atoms with Crippen LogP contribution in [0.5, 0.6) is 0 Å². The van der Waals surface area contributed by atoms with E-state index in [1.54, 1.807) is 36.4 Å². The normalized spacial score (nSPS) is 16.4. The number of thioether (sulfide) groups is 1. The number of carbonyl (C=O) groups excluding carboxylic acids is 2. The van der Waals surface area contributed by atoms with Crippen molar-refractivity contribution >= 4 is 56.5 Å². The van der Waals surface area contributed by atoms with Crippen molar-refractivity contribution in [2.45, 2.75) is 0 Å². The van der Waals surface area contributed by atoms with Crippen LogP contribution in [-0.2, 0) is 4.79 Å². The van der Waals surface area contributed by atoms with Gasteiger partial charge < -0.3 is 19.6 Å². The SMILES string of the molecule is O=C1NC(=Nc2cccc(Br)c2)S/C1=C/c1ccc(-c2ccccc2C(=O)[O-])o1. The molecule has 0 bridgehead atoms. The van der Waals surface area contributed by atoms with Crippen LogP contribution in [0.2, 0.25) is 0 Å². The Balaban J connectivity index is 1.58. The first-order valence-corrected chi connectivity index (χ1v) is 10.1. The number of carboxylic acids is 1. The van der Waals surface area contributed by atoms with Gasteiger partial charge in [-0.1, -0.05) is 46.3 Å². The predicted molar refractivity (Wildman–Crippen MR) is 113 cm³/mol. The highest BCUT2D eigenvalue weighted by molar-refractivity contribution is 9.10. The highest BCUT2D eigenvalue weighted by atomic mass is 79.9. The molecular weight excluding hydrogens is 456 g/mol. The van der Waals surface area contributed by atoms with Gasteiger partial charge in [0.15, 0.2) is 5.17 Å². The van der Waals surface area contributed by atoms with Gasteiger partial charge >= 0.3 is 0 Å². The van der Waals surface area contributed by atoms with Gasteiger partial charge in [-0.05, 0) is 42.1 Å². The van der Waals surface area contributed by atoms with E-state index >= 15 is 0 Å². The van der Waals surface area contributed by atoms with Crippen molar-refractivity contribution in [3.05, 3.63) is 81.4 Å². The van der Waals surface area contributed by atoms with Crippen molar-refractivity contribution in [2.24, 2.45) is 4.99 Å². The lowest BCUT2D eigenvalue weighted by atomic mass is 10.1. The molecule has 8 heteroatoms. The lowest BCUT2D eigenvalue weighted by Crippen LogP contribution is -2.22. The molecule has 29 heavy (non-hydrogen) atoms. The number of benzene rings is 2. The van der Waals surface area contributed by atoms with Crippen LogP contribution in [0.4, 0.5) is 5.69 Å². The standard InChI is InChI=1S/C21H13BrN2O4S/c22-12-4-3-5-13(10-12)23-21-24-19(25)18(29-21)11-14-8-9-17(28-14)15-6-1-2-7-16(15)20(26)27/h1-11H,(H,26,27)(H,23,24,25)/p-1/b18-11+. The molecule has 0 unspecified atom stereocenters. The van der Waals surface area contributed by atoms with E-state index in [-0.39, 0.29) is 11.5 Å². The molecule has 0 saturated carbocycles. The summed E-state index contributed by atoms with van der Waals surface area (Å²) in [5.74, 6) is -0.759. The molecule has 1 saturated heterocycles. The molecule has 144 valence electrons. The third-order valence-electron chi connectivity index (χ3n) is 4.00. The number of carbonyl (C=O) groups is 2. The van der Waals surface area contributed by atoms with Crippen molar-refractivity contribution in [1.82, 2.24) is 5.32 Å². The summed E-state index contributed by atoms with van der Waals surface area (Å²) < 4.78 is 6.63. The molecule has 1 aromatic heterocycles. The summed E-state index contributed by atoms with van der Waals surface area (Å²) in [5.41, 5.74) is 1.16. The molecule has 1 aliphatic heterocycles. The molecule has 1 fully saturated rings. The third-order valence-corrected chi connectivity index (χ3v) is 5.41. The summed E-state index contributed by atoms with van der Waals surface area (Å²) in [4.78, 5) is 28.4. The Morgan fingerprint density at radius 3 is 2.76 bits per heavy atom. The molecule has 2 heterocycles. The maximum Gasteiger partial charge on any atom is 0.264 e. The minimum atomic E-state index is -1.28. The highest BCUT2D eigenvalue weighted by Crippen LogP contribution is 2.31. The van der Waals surface area contributed by atoms with E-state index in [0.29, 0.717) is 32.8 Å². The Bertz CT molecular complexity index is 1180. The van der Waals surface area contributed by atoms with Crippen LogP contribution in [0.15, 0.2) is 79.5 Å². The van der Waals surface area contributed by atoms with E-state index in [9.17, 15) is 14.7 Å². The van der Waals surface area contributed by atoms with Gasteiger partial charge in [0.1, 0.15) is 11.5 Å². The quantitative estimate of drug-likeness (QED) is 0.585. The number of rotatable bonds is 4. The van der Waals surface area contributed by atoms with Crippen LogP contribution >= 0.6 is 27.7 Å². The second-order valence-electron chi connectivity index (χ2n) is 6.00. The zero-order valence-corrected chi connectivity index (χ0v) is 17.1. The van der Waals surface area contributed by atoms with Crippen molar-refractivity contribution in [1.29, 1.82) is 0 Å². The summed E-state index contributed by atoms with van der Waals surface area (Å²) in [6.45, 7) is 0. The molecule has 4 rings (SSSR count). The number of nitrogens with one attached hydrogen (secondary N) is 1. The largest absolute Gasteiger partial charge is 0.545 e. The van der Waals surface area contributed by atoms with E-state index < -0.39 is 5.97 Å². The minimum absolute atomic E-state index is 0.0393. The number of halogens is 1. The number of nitrogens with zero attached hydrogens (tertiary/aromatic N) is 1. The molecule has 0 atom stereocenters. The number of carboxylic acid groups (broad SMARTS) is 1. The number of amides is 1. The van der Waals surface area contributed by atoms with Crippen molar-refractivity contribution in [3.63, 3.8) is 0 Å². The fourth-order valence-corrected chi connectivity index (χ4v) is 3.93. The summed E-state index contributed by atoms with van der Waals surface area (Å²) in [6.07, 6.45) is 1.59. The van der Waals surface area contributed by atoms with E-state index in [1.807, 2.05) is 24.3 Å². The minimum Gasteiger partial charge on any atom is -0.545 e. The average molecular weight is 468 g/mol. The van der Waals surface area contributed by atoms with Crippen LogP contribution in [-0.4, -0.2) is 17.0 Å².